The Morgan fingerprint density at radius 3 is 3.03 bits per heavy atom. The van der Waals surface area contributed by atoms with Gasteiger partial charge >= 0.3 is 0 Å². The number of fused-ring (bicyclic) bond motifs is 1. The molecular weight excluding hydrogens is 410 g/mol. The highest BCUT2D eigenvalue weighted by Crippen LogP contribution is 2.29. The zero-order valence-electron chi connectivity index (χ0n) is 16.7. The molecule has 30 heavy (non-hydrogen) atoms. The van der Waals surface area contributed by atoms with Crippen molar-refractivity contribution in [1.29, 1.82) is 0 Å². The number of nitrogens with zero attached hydrogens (tertiary/aromatic N) is 1. The maximum Gasteiger partial charge on any atom is 0.256 e. The lowest BCUT2D eigenvalue weighted by Crippen LogP contribution is -2.67. The number of rotatable bonds is 5. The van der Waals surface area contributed by atoms with E-state index in [1.54, 1.807) is 18.2 Å². The Hall–Kier alpha value is -1.68. The third kappa shape index (κ3) is 4.21. The first-order valence-corrected chi connectivity index (χ1v) is 10.7. The SMILES string of the molecule is NC1CN(CC2CCOCC2O)CCC1(O)C(Cl)NC(=O)c1cccc2ccoc12. The Morgan fingerprint density at radius 1 is 1.43 bits per heavy atom. The summed E-state index contributed by atoms with van der Waals surface area (Å²) in [7, 11) is 0. The number of amides is 1. The number of nitrogens with two attached hydrogens (primary N) is 1. The van der Waals surface area contributed by atoms with Crippen molar-refractivity contribution in [2.75, 3.05) is 32.8 Å². The molecule has 4 rings (SSSR count). The van der Waals surface area contributed by atoms with Crippen molar-refractivity contribution in [3.63, 3.8) is 0 Å². The number of aliphatic hydroxyl groups excluding tert-OH is 1. The molecule has 0 radical (unpaired) electrons. The lowest BCUT2D eigenvalue weighted by Gasteiger charge is -2.46. The highest BCUT2D eigenvalue weighted by Gasteiger charge is 2.46. The zero-order valence-corrected chi connectivity index (χ0v) is 17.4. The van der Waals surface area contributed by atoms with Gasteiger partial charge in [0.2, 0.25) is 0 Å². The molecule has 8 nitrogen and oxygen atoms in total. The van der Waals surface area contributed by atoms with Crippen molar-refractivity contribution < 1.29 is 24.2 Å². The summed E-state index contributed by atoms with van der Waals surface area (Å²) in [6.45, 7) is 2.68. The average Bonchev–Trinajstić information content (AvgIpc) is 3.21. The summed E-state index contributed by atoms with van der Waals surface area (Å²) < 4.78 is 10.7. The third-order valence-electron chi connectivity index (χ3n) is 6.30. The number of nitrogens with one attached hydrogen (secondary N) is 1. The summed E-state index contributed by atoms with van der Waals surface area (Å²) in [5.74, 6) is -0.304. The number of para-hydroxylation sites is 1. The van der Waals surface area contributed by atoms with Crippen LogP contribution in [0.1, 0.15) is 23.2 Å². The van der Waals surface area contributed by atoms with Gasteiger partial charge in [-0.2, -0.15) is 0 Å². The molecule has 0 aliphatic carbocycles. The van der Waals surface area contributed by atoms with Gasteiger partial charge in [-0.1, -0.05) is 23.7 Å². The van der Waals surface area contributed by atoms with Gasteiger partial charge in [0.25, 0.3) is 5.91 Å². The number of piperidine rings is 1. The first-order chi connectivity index (χ1) is 14.4. The van der Waals surface area contributed by atoms with Gasteiger partial charge in [0.15, 0.2) is 0 Å². The van der Waals surface area contributed by atoms with Crippen LogP contribution in [0.5, 0.6) is 0 Å². The van der Waals surface area contributed by atoms with Crippen molar-refractivity contribution in [3.05, 3.63) is 36.1 Å². The van der Waals surface area contributed by atoms with Gasteiger partial charge in [0, 0.05) is 43.6 Å². The predicted molar refractivity (Wildman–Crippen MR) is 112 cm³/mol. The lowest BCUT2D eigenvalue weighted by molar-refractivity contribution is -0.0742. The van der Waals surface area contributed by atoms with Gasteiger partial charge in [-0.3, -0.25) is 4.79 Å². The van der Waals surface area contributed by atoms with Crippen LogP contribution < -0.4 is 11.1 Å². The highest BCUT2D eigenvalue weighted by molar-refractivity contribution is 6.23. The molecule has 3 heterocycles. The minimum Gasteiger partial charge on any atom is -0.464 e. The molecule has 2 fully saturated rings. The quantitative estimate of drug-likeness (QED) is 0.405. The normalized spacial score (nSPS) is 31.5. The number of likely N-dealkylation sites (tertiary alicyclic amines) is 1. The molecule has 2 aliphatic heterocycles. The van der Waals surface area contributed by atoms with Crippen LogP contribution in [0.15, 0.2) is 34.9 Å². The second kappa shape index (κ2) is 8.82. The molecule has 0 spiro atoms. The number of benzene rings is 1. The molecule has 5 N–H and O–H groups in total. The van der Waals surface area contributed by atoms with Gasteiger partial charge < -0.3 is 35.3 Å². The molecule has 2 saturated heterocycles. The molecule has 9 heteroatoms. The van der Waals surface area contributed by atoms with E-state index in [2.05, 4.69) is 10.2 Å². The summed E-state index contributed by atoms with van der Waals surface area (Å²) in [5.41, 5.74) is 4.62. The number of furan rings is 1. The fourth-order valence-electron chi connectivity index (χ4n) is 4.33. The van der Waals surface area contributed by atoms with E-state index in [1.807, 2.05) is 6.07 Å². The Kier molecular flexibility index (Phi) is 6.34. The Balaban J connectivity index is 1.38. The van der Waals surface area contributed by atoms with E-state index in [0.717, 1.165) is 11.8 Å². The average molecular weight is 438 g/mol. The van der Waals surface area contributed by atoms with Crippen LogP contribution in [0.4, 0.5) is 0 Å². The summed E-state index contributed by atoms with van der Waals surface area (Å²) in [4.78, 5) is 14.9. The molecule has 2 aromatic rings. The van der Waals surface area contributed by atoms with Crippen molar-refractivity contribution >= 4 is 28.5 Å². The maximum absolute atomic E-state index is 12.8. The van der Waals surface area contributed by atoms with E-state index < -0.39 is 29.2 Å². The maximum atomic E-state index is 12.8. The van der Waals surface area contributed by atoms with E-state index in [-0.39, 0.29) is 5.92 Å². The number of carbonyl (C=O) groups is 1. The second-order valence-electron chi connectivity index (χ2n) is 8.28. The number of alkyl halides is 1. The van der Waals surface area contributed by atoms with E-state index in [1.165, 1.54) is 6.26 Å². The summed E-state index contributed by atoms with van der Waals surface area (Å²) in [6, 6.07) is 6.39. The molecule has 0 saturated carbocycles. The Bertz CT molecular complexity index is 892. The number of hydrogen-bond acceptors (Lipinski definition) is 7. The van der Waals surface area contributed by atoms with Crippen LogP contribution in [-0.4, -0.2) is 77.1 Å². The van der Waals surface area contributed by atoms with Crippen LogP contribution in [0, 0.1) is 5.92 Å². The van der Waals surface area contributed by atoms with E-state index in [4.69, 9.17) is 26.5 Å². The van der Waals surface area contributed by atoms with Gasteiger partial charge in [0.05, 0.1) is 24.5 Å². The predicted octanol–water partition coefficient (Wildman–Crippen LogP) is 0.889. The minimum atomic E-state index is -1.45. The topological polar surface area (TPSA) is 121 Å². The molecule has 1 amide bonds. The largest absolute Gasteiger partial charge is 0.464 e. The Morgan fingerprint density at radius 2 is 2.27 bits per heavy atom. The fraction of sp³-hybridized carbons (Fsp3) is 0.571. The summed E-state index contributed by atoms with van der Waals surface area (Å²) in [6.07, 6.45) is 2.14. The molecule has 1 aromatic heterocycles. The van der Waals surface area contributed by atoms with Gasteiger partial charge in [-0.25, -0.2) is 0 Å². The zero-order chi connectivity index (χ0) is 21.3. The number of aliphatic hydroxyl groups is 2. The van der Waals surface area contributed by atoms with E-state index in [0.29, 0.717) is 50.4 Å². The second-order valence-corrected chi connectivity index (χ2v) is 8.72. The van der Waals surface area contributed by atoms with Crippen LogP contribution in [0.3, 0.4) is 0 Å². The number of carbonyl (C=O) groups excluding carboxylic acids is 1. The van der Waals surface area contributed by atoms with Gasteiger partial charge in [0.1, 0.15) is 16.7 Å². The van der Waals surface area contributed by atoms with Gasteiger partial charge in [-0.05, 0) is 25.0 Å². The third-order valence-corrected chi connectivity index (χ3v) is 6.79. The minimum absolute atomic E-state index is 0.123. The molecule has 0 bridgehead atoms. The van der Waals surface area contributed by atoms with Crippen LogP contribution in [-0.2, 0) is 4.74 Å². The molecule has 164 valence electrons. The van der Waals surface area contributed by atoms with Crippen LogP contribution >= 0.6 is 11.6 Å². The molecular formula is C21H28ClN3O5. The highest BCUT2D eigenvalue weighted by atomic mass is 35.5. The number of halogens is 1. The molecule has 1 aromatic carbocycles. The smallest absolute Gasteiger partial charge is 0.256 e. The first-order valence-electron chi connectivity index (χ1n) is 10.3. The van der Waals surface area contributed by atoms with E-state index >= 15 is 0 Å². The molecule has 5 unspecified atom stereocenters. The first kappa shape index (κ1) is 21.5. The Labute approximate surface area is 179 Å². The fourth-order valence-corrected chi connectivity index (χ4v) is 4.70. The van der Waals surface area contributed by atoms with Crippen molar-refractivity contribution in [2.45, 2.75) is 36.1 Å². The van der Waals surface area contributed by atoms with Crippen molar-refractivity contribution in [2.24, 2.45) is 11.7 Å². The number of hydrogen-bond donors (Lipinski definition) is 4. The summed E-state index contributed by atoms with van der Waals surface area (Å²) >= 11 is 6.46. The van der Waals surface area contributed by atoms with Crippen LogP contribution in [0.2, 0.25) is 0 Å². The number of ether oxygens (including phenoxy) is 1. The van der Waals surface area contributed by atoms with Crippen molar-refractivity contribution in [1.82, 2.24) is 10.2 Å². The van der Waals surface area contributed by atoms with Crippen molar-refractivity contribution in [3.8, 4) is 0 Å². The summed E-state index contributed by atoms with van der Waals surface area (Å²) in [5, 5.41) is 24.8. The lowest BCUT2D eigenvalue weighted by atomic mass is 9.85. The monoisotopic (exact) mass is 437 g/mol. The molecule has 2 aliphatic rings. The molecule has 5 atom stereocenters. The standard InChI is InChI=1S/C21H28ClN3O5/c22-20(24-19(27)15-3-1-2-13-5-9-30-18(13)15)21(28)6-7-25(11-17(21)23)10-14-4-8-29-12-16(14)26/h1-3,5,9,14,16-17,20,26,28H,4,6-8,10-12,23H2,(H,24,27). The van der Waals surface area contributed by atoms with Crippen LogP contribution in [0.25, 0.3) is 11.0 Å². The van der Waals surface area contributed by atoms with Gasteiger partial charge in [-0.15, -0.1) is 0 Å². The van der Waals surface area contributed by atoms with E-state index in [9.17, 15) is 15.0 Å².